The molecule has 0 aliphatic carbocycles. The average Bonchev–Trinajstić information content (AvgIpc) is 2.59. The minimum atomic E-state index is -0.474. The molecule has 2 aliphatic rings. The van der Waals surface area contributed by atoms with Crippen LogP contribution in [0.3, 0.4) is 0 Å². The molecule has 0 saturated carbocycles. The molecule has 0 atom stereocenters. The van der Waals surface area contributed by atoms with E-state index in [-0.39, 0.29) is 11.7 Å². The zero-order chi connectivity index (χ0) is 17.2. The lowest BCUT2D eigenvalue weighted by molar-refractivity contribution is -0.134. The van der Waals surface area contributed by atoms with Crippen LogP contribution >= 0.6 is 0 Å². The van der Waals surface area contributed by atoms with Gasteiger partial charge in [-0.25, -0.2) is 0 Å². The number of likely N-dealkylation sites (tertiary alicyclic amines) is 1. The van der Waals surface area contributed by atoms with Crippen LogP contribution in [-0.4, -0.2) is 42.4 Å². The highest BCUT2D eigenvalue weighted by Crippen LogP contribution is 2.40. The number of nitrogens with zero attached hydrogens (tertiary/aromatic N) is 1. The number of rotatable bonds is 4. The molecule has 5 heteroatoms. The molecule has 3 rings (SSSR count). The Morgan fingerprint density at radius 2 is 2.08 bits per heavy atom. The summed E-state index contributed by atoms with van der Waals surface area (Å²) >= 11 is 0. The van der Waals surface area contributed by atoms with E-state index in [0.717, 1.165) is 12.8 Å². The van der Waals surface area contributed by atoms with E-state index in [1.165, 1.54) is 0 Å². The summed E-state index contributed by atoms with van der Waals surface area (Å²) in [4.78, 5) is 26.6. The van der Waals surface area contributed by atoms with E-state index in [0.29, 0.717) is 55.8 Å². The van der Waals surface area contributed by atoms with Gasteiger partial charge in [-0.15, -0.1) is 0 Å². The van der Waals surface area contributed by atoms with Crippen LogP contribution < -0.4 is 9.47 Å². The summed E-state index contributed by atoms with van der Waals surface area (Å²) in [5.41, 5.74) is 0.153. The molecule has 0 unspecified atom stereocenters. The predicted molar refractivity (Wildman–Crippen MR) is 90.6 cm³/mol. The van der Waals surface area contributed by atoms with Crippen LogP contribution in [0, 0.1) is 0 Å². The van der Waals surface area contributed by atoms with Crippen molar-refractivity contribution in [2.75, 3.05) is 20.2 Å². The van der Waals surface area contributed by atoms with Gasteiger partial charge in [-0.1, -0.05) is 13.3 Å². The van der Waals surface area contributed by atoms with Gasteiger partial charge in [0.25, 0.3) is 0 Å². The van der Waals surface area contributed by atoms with Crippen molar-refractivity contribution in [2.24, 2.45) is 0 Å². The third kappa shape index (κ3) is 3.25. The minimum absolute atomic E-state index is 0.115. The molecule has 1 spiro atoms. The molecule has 24 heavy (non-hydrogen) atoms. The molecule has 5 nitrogen and oxygen atoms in total. The average molecular weight is 331 g/mol. The van der Waals surface area contributed by atoms with Crippen LogP contribution in [0.4, 0.5) is 0 Å². The molecule has 1 fully saturated rings. The summed E-state index contributed by atoms with van der Waals surface area (Å²) in [6, 6.07) is 5.34. The first-order chi connectivity index (χ1) is 11.6. The summed E-state index contributed by atoms with van der Waals surface area (Å²) in [5.74, 6) is 1.63. The van der Waals surface area contributed by atoms with Crippen LogP contribution in [0.2, 0.25) is 0 Å². The molecule has 0 bridgehead atoms. The van der Waals surface area contributed by atoms with Crippen LogP contribution in [0.5, 0.6) is 11.5 Å². The monoisotopic (exact) mass is 331 g/mol. The molecule has 0 N–H and O–H groups in total. The van der Waals surface area contributed by atoms with Crippen LogP contribution in [-0.2, 0) is 4.79 Å². The van der Waals surface area contributed by atoms with Gasteiger partial charge in [-0.05, 0) is 18.6 Å². The zero-order valence-corrected chi connectivity index (χ0v) is 14.5. The first kappa shape index (κ1) is 16.8. The van der Waals surface area contributed by atoms with Crippen molar-refractivity contribution >= 4 is 11.7 Å². The molecule has 0 aromatic heterocycles. The minimum Gasteiger partial charge on any atom is -0.497 e. The Morgan fingerprint density at radius 3 is 2.75 bits per heavy atom. The smallest absolute Gasteiger partial charge is 0.222 e. The second-order valence-corrected chi connectivity index (χ2v) is 6.73. The number of carbonyl (C=O) groups is 2. The number of hydrogen-bond donors (Lipinski definition) is 0. The fraction of sp³-hybridized carbons (Fsp3) is 0.579. The van der Waals surface area contributed by atoms with Crippen molar-refractivity contribution in [1.82, 2.24) is 4.90 Å². The second kappa shape index (κ2) is 6.83. The lowest BCUT2D eigenvalue weighted by Crippen LogP contribution is -2.52. The normalized spacial score (nSPS) is 18.9. The highest BCUT2D eigenvalue weighted by Gasteiger charge is 2.43. The fourth-order valence-electron chi connectivity index (χ4n) is 3.53. The Bertz CT molecular complexity index is 632. The van der Waals surface area contributed by atoms with Gasteiger partial charge in [0.05, 0.1) is 19.1 Å². The largest absolute Gasteiger partial charge is 0.497 e. The molecule has 1 aromatic carbocycles. The SMILES string of the molecule is CCCCC(=O)N1CCC2(CC1)CC(=O)c1ccc(OC)cc1O2. The van der Waals surface area contributed by atoms with Crippen molar-refractivity contribution in [1.29, 1.82) is 0 Å². The van der Waals surface area contributed by atoms with Crippen molar-refractivity contribution in [3.8, 4) is 11.5 Å². The van der Waals surface area contributed by atoms with Crippen molar-refractivity contribution in [3.63, 3.8) is 0 Å². The van der Waals surface area contributed by atoms with Gasteiger partial charge in [0, 0.05) is 38.4 Å². The highest BCUT2D eigenvalue weighted by molar-refractivity contribution is 6.00. The highest BCUT2D eigenvalue weighted by atomic mass is 16.5. The molecule has 1 amide bonds. The Labute approximate surface area is 142 Å². The first-order valence-corrected chi connectivity index (χ1v) is 8.75. The number of carbonyl (C=O) groups excluding carboxylic acids is 2. The Kier molecular flexibility index (Phi) is 4.78. The van der Waals surface area contributed by atoms with Crippen molar-refractivity contribution in [2.45, 2.75) is 51.0 Å². The van der Waals surface area contributed by atoms with E-state index in [9.17, 15) is 9.59 Å². The second-order valence-electron chi connectivity index (χ2n) is 6.73. The third-order valence-electron chi connectivity index (χ3n) is 5.07. The van der Waals surface area contributed by atoms with Gasteiger partial charge >= 0.3 is 0 Å². The topological polar surface area (TPSA) is 55.8 Å². The number of ketones is 1. The van der Waals surface area contributed by atoms with Gasteiger partial charge in [-0.3, -0.25) is 9.59 Å². The van der Waals surface area contributed by atoms with Gasteiger partial charge < -0.3 is 14.4 Å². The van der Waals surface area contributed by atoms with Crippen LogP contribution in [0.25, 0.3) is 0 Å². The summed E-state index contributed by atoms with van der Waals surface area (Å²) in [7, 11) is 1.60. The number of fused-ring (bicyclic) bond motifs is 1. The van der Waals surface area contributed by atoms with E-state index < -0.39 is 5.60 Å². The van der Waals surface area contributed by atoms with Crippen LogP contribution in [0.1, 0.15) is 55.8 Å². The maximum atomic E-state index is 12.5. The van der Waals surface area contributed by atoms with E-state index in [4.69, 9.17) is 9.47 Å². The van der Waals surface area contributed by atoms with Crippen molar-refractivity contribution in [3.05, 3.63) is 23.8 Å². The van der Waals surface area contributed by atoms with E-state index in [1.807, 2.05) is 4.90 Å². The molecule has 2 aliphatic heterocycles. The first-order valence-electron chi connectivity index (χ1n) is 8.75. The molecular weight excluding hydrogens is 306 g/mol. The maximum Gasteiger partial charge on any atom is 0.222 e. The number of hydrogen-bond acceptors (Lipinski definition) is 4. The van der Waals surface area contributed by atoms with E-state index in [2.05, 4.69) is 6.92 Å². The Morgan fingerprint density at radius 1 is 1.33 bits per heavy atom. The van der Waals surface area contributed by atoms with E-state index in [1.54, 1.807) is 25.3 Å². The fourth-order valence-corrected chi connectivity index (χ4v) is 3.53. The molecule has 1 aromatic rings. The molecule has 130 valence electrons. The summed E-state index contributed by atoms with van der Waals surface area (Å²) in [6.07, 6.45) is 4.37. The molecule has 2 heterocycles. The lowest BCUT2D eigenvalue weighted by atomic mass is 9.82. The maximum absolute atomic E-state index is 12.5. The summed E-state index contributed by atoms with van der Waals surface area (Å²) < 4.78 is 11.5. The van der Waals surface area contributed by atoms with Gasteiger partial charge in [0.2, 0.25) is 5.91 Å². The summed E-state index contributed by atoms with van der Waals surface area (Å²) in [5, 5.41) is 0. The lowest BCUT2D eigenvalue weighted by Gasteiger charge is -2.44. The van der Waals surface area contributed by atoms with Gasteiger partial charge in [0.15, 0.2) is 5.78 Å². The molecular formula is C19H25NO4. The number of Topliss-reactive ketones (excluding diaryl/α,β-unsaturated/α-hetero) is 1. The number of benzene rings is 1. The number of unbranched alkanes of at least 4 members (excludes halogenated alkanes) is 1. The Balaban J connectivity index is 1.70. The third-order valence-corrected chi connectivity index (χ3v) is 5.07. The van der Waals surface area contributed by atoms with Crippen molar-refractivity contribution < 1.29 is 19.1 Å². The quantitative estimate of drug-likeness (QED) is 0.850. The number of methoxy groups -OCH3 is 1. The number of piperidine rings is 1. The number of ether oxygens (including phenoxy) is 2. The van der Waals surface area contributed by atoms with Gasteiger partial charge in [0.1, 0.15) is 17.1 Å². The number of amides is 1. The van der Waals surface area contributed by atoms with Crippen LogP contribution in [0.15, 0.2) is 18.2 Å². The summed E-state index contributed by atoms with van der Waals surface area (Å²) in [6.45, 7) is 3.41. The Hall–Kier alpha value is -2.04. The van der Waals surface area contributed by atoms with E-state index >= 15 is 0 Å². The standard InChI is InChI=1S/C19H25NO4/c1-3-4-5-18(22)20-10-8-19(9-11-20)13-16(21)15-7-6-14(23-2)12-17(15)24-19/h6-7,12H,3-5,8-11,13H2,1-2H3. The zero-order valence-electron chi connectivity index (χ0n) is 14.5. The molecule has 0 radical (unpaired) electrons. The molecule has 1 saturated heterocycles. The van der Waals surface area contributed by atoms with Gasteiger partial charge in [-0.2, -0.15) is 0 Å². The predicted octanol–water partition coefficient (Wildman–Crippen LogP) is 3.21.